The molecule has 0 unspecified atom stereocenters. The normalized spacial score (nSPS) is 26.0. The smallest absolute Gasteiger partial charge is 0.170 e. The molecule has 1 aliphatic carbocycles. The molecule has 1 heterocycles. The van der Waals surface area contributed by atoms with Crippen molar-refractivity contribution in [3.8, 4) is 12.1 Å². The Morgan fingerprint density at radius 2 is 1.75 bits per heavy atom. The molecule has 0 amide bonds. The highest BCUT2D eigenvalue weighted by Crippen LogP contribution is 2.62. The molecule has 20 heavy (non-hydrogen) atoms. The monoisotopic (exact) mass is 276 g/mol. The van der Waals surface area contributed by atoms with Gasteiger partial charge in [0.15, 0.2) is 5.41 Å². The number of nitrogens with zero attached hydrogens (tertiary/aromatic N) is 2. The third-order valence-electron chi connectivity index (χ3n) is 3.72. The van der Waals surface area contributed by atoms with Gasteiger partial charge < -0.3 is 0 Å². The van der Waals surface area contributed by atoms with E-state index in [0.717, 1.165) is 10.5 Å². The summed E-state index contributed by atoms with van der Waals surface area (Å²) < 4.78 is 0. The second-order valence-corrected chi connectivity index (χ2v) is 6.00. The number of fused-ring (bicyclic) bond motifs is 1. The Bertz CT molecular complexity index is 672. The summed E-state index contributed by atoms with van der Waals surface area (Å²) >= 11 is 1.63. The first-order chi connectivity index (χ1) is 9.81. The Kier molecular flexibility index (Phi) is 3.22. The van der Waals surface area contributed by atoms with Gasteiger partial charge in [0.2, 0.25) is 0 Å². The Labute approximate surface area is 122 Å². The molecule has 96 valence electrons. The van der Waals surface area contributed by atoms with E-state index in [4.69, 9.17) is 0 Å². The fourth-order valence-corrected chi connectivity index (χ4v) is 4.28. The van der Waals surface area contributed by atoms with Crippen molar-refractivity contribution in [3.63, 3.8) is 0 Å². The summed E-state index contributed by atoms with van der Waals surface area (Å²) in [5.41, 5.74) is -0.00708. The molecule has 1 fully saturated rings. The van der Waals surface area contributed by atoms with Crippen molar-refractivity contribution in [2.75, 3.05) is 0 Å². The van der Waals surface area contributed by atoms with Crippen LogP contribution in [-0.4, -0.2) is 0 Å². The van der Waals surface area contributed by atoms with E-state index in [-0.39, 0.29) is 11.2 Å². The molecule has 0 N–H and O–H groups in total. The largest absolute Gasteiger partial charge is 0.196 e. The first kappa shape index (κ1) is 12.8. The van der Waals surface area contributed by atoms with Gasteiger partial charge in [-0.2, -0.15) is 10.5 Å². The average Bonchev–Trinajstić information content (AvgIpc) is 2.64. The van der Waals surface area contributed by atoms with Crippen molar-refractivity contribution in [1.29, 1.82) is 10.5 Å². The van der Waals surface area contributed by atoms with Crippen LogP contribution in [0.3, 0.4) is 0 Å². The lowest BCUT2D eigenvalue weighted by Gasteiger charge is -2.24. The summed E-state index contributed by atoms with van der Waals surface area (Å²) in [4.78, 5) is 1.09. The average molecular weight is 276 g/mol. The standard InChI is InChI=1S/C17H12N2S/c18-11-17(12-19)14-9-5-2-6-10-15(14)20-16(17)13-7-3-1-4-8-13/h1-10,14,16H/t14-,16+/m0/s1. The molecule has 1 aromatic rings. The number of rotatable bonds is 1. The van der Waals surface area contributed by atoms with Crippen molar-refractivity contribution in [2.45, 2.75) is 5.25 Å². The lowest BCUT2D eigenvalue weighted by molar-refractivity contribution is 0.446. The fourth-order valence-electron chi connectivity index (χ4n) is 2.71. The molecule has 0 spiro atoms. The number of benzene rings is 1. The molecule has 0 bridgehead atoms. The van der Waals surface area contributed by atoms with Gasteiger partial charge in [0, 0.05) is 5.92 Å². The number of thioether (sulfide) groups is 1. The highest BCUT2D eigenvalue weighted by molar-refractivity contribution is 8.03. The molecular formula is C17H12N2S. The van der Waals surface area contributed by atoms with Crippen molar-refractivity contribution in [1.82, 2.24) is 0 Å². The summed E-state index contributed by atoms with van der Waals surface area (Å²) in [6.45, 7) is 0. The third-order valence-corrected chi connectivity index (χ3v) is 5.27. The predicted octanol–water partition coefficient (Wildman–Crippen LogP) is 4.13. The van der Waals surface area contributed by atoms with Crippen LogP contribution in [0.4, 0.5) is 0 Å². The van der Waals surface area contributed by atoms with Crippen molar-refractivity contribution < 1.29 is 0 Å². The van der Waals surface area contributed by atoms with Gasteiger partial charge in [0.25, 0.3) is 0 Å². The summed E-state index contributed by atoms with van der Waals surface area (Å²) in [5, 5.41) is 19.3. The fraction of sp³-hybridized carbons (Fsp3) is 0.176. The first-order valence-corrected chi connectivity index (χ1v) is 7.29. The maximum atomic E-state index is 9.71. The second kappa shape index (κ2) is 5.04. The van der Waals surface area contributed by atoms with Crippen molar-refractivity contribution in [2.24, 2.45) is 11.3 Å². The van der Waals surface area contributed by atoms with Gasteiger partial charge in [-0.3, -0.25) is 0 Å². The molecule has 3 rings (SSSR count). The number of nitriles is 2. The van der Waals surface area contributed by atoms with Gasteiger partial charge in [-0.15, -0.1) is 11.8 Å². The Morgan fingerprint density at radius 3 is 2.45 bits per heavy atom. The van der Waals surface area contributed by atoms with Crippen LogP contribution in [0.15, 0.2) is 65.6 Å². The molecule has 0 aromatic heterocycles. The van der Waals surface area contributed by atoms with E-state index in [2.05, 4.69) is 12.1 Å². The highest BCUT2D eigenvalue weighted by Gasteiger charge is 2.54. The van der Waals surface area contributed by atoms with Gasteiger partial charge in [-0.05, 0) is 10.5 Å². The van der Waals surface area contributed by atoms with Crippen LogP contribution >= 0.6 is 11.8 Å². The minimum atomic E-state index is -1.04. The van der Waals surface area contributed by atoms with Gasteiger partial charge in [-0.1, -0.05) is 60.7 Å². The Hall–Kier alpha value is -2.23. The summed E-state index contributed by atoms with van der Waals surface area (Å²) in [7, 11) is 0. The SMILES string of the molecule is N#CC1(C#N)[C@@H](c2ccccc2)SC2=CC=CC=C[C@@H]21. The van der Waals surface area contributed by atoms with Gasteiger partial charge in [0.05, 0.1) is 17.4 Å². The number of hydrogen-bond donors (Lipinski definition) is 0. The zero-order valence-corrected chi connectivity index (χ0v) is 11.5. The Balaban J connectivity index is 2.15. The summed E-state index contributed by atoms with van der Waals surface area (Å²) in [6, 6.07) is 14.4. The van der Waals surface area contributed by atoms with Gasteiger partial charge in [-0.25, -0.2) is 0 Å². The number of hydrogen-bond acceptors (Lipinski definition) is 3. The highest BCUT2D eigenvalue weighted by atomic mass is 32.2. The topological polar surface area (TPSA) is 47.6 Å². The Morgan fingerprint density at radius 1 is 1.00 bits per heavy atom. The van der Waals surface area contributed by atoms with Gasteiger partial charge in [0.1, 0.15) is 0 Å². The molecule has 2 aliphatic rings. The molecule has 3 heteroatoms. The van der Waals surface area contributed by atoms with E-state index in [1.54, 1.807) is 11.8 Å². The van der Waals surface area contributed by atoms with Gasteiger partial charge >= 0.3 is 0 Å². The van der Waals surface area contributed by atoms with E-state index in [1.807, 2.05) is 60.7 Å². The molecule has 1 aliphatic heterocycles. The molecule has 0 radical (unpaired) electrons. The van der Waals surface area contributed by atoms with Crippen LogP contribution in [0, 0.1) is 34.0 Å². The predicted molar refractivity (Wildman–Crippen MR) is 80.3 cm³/mol. The van der Waals surface area contributed by atoms with E-state index < -0.39 is 5.41 Å². The molecular weight excluding hydrogens is 264 g/mol. The minimum absolute atomic E-state index is 0.147. The minimum Gasteiger partial charge on any atom is -0.196 e. The quantitative estimate of drug-likeness (QED) is 0.774. The van der Waals surface area contributed by atoms with Crippen LogP contribution in [0.1, 0.15) is 10.8 Å². The van der Waals surface area contributed by atoms with Crippen LogP contribution in [-0.2, 0) is 0 Å². The van der Waals surface area contributed by atoms with E-state index >= 15 is 0 Å². The summed E-state index contributed by atoms with van der Waals surface area (Å²) in [6.07, 6.45) is 9.81. The molecule has 2 atom stereocenters. The van der Waals surface area contributed by atoms with Crippen LogP contribution < -0.4 is 0 Å². The van der Waals surface area contributed by atoms with E-state index in [0.29, 0.717) is 0 Å². The van der Waals surface area contributed by atoms with Crippen molar-refractivity contribution in [3.05, 3.63) is 71.2 Å². The maximum Gasteiger partial charge on any atom is 0.170 e. The molecule has 2 nitrogen and oxygen atoms in total. The first-order valence-electron chi connectivity index (χ1n) is 6.41. The zero-order chi connectivity index (χ0) is 14.0. The summed E-state index contributed by atoms with van der Waals surface area (Å²) in [5.74, 6) is -0.150. The molecule has 0 saturated carbocycles. The molecule has 1 aromatic carbocycles. The van der Waals surface area contributed by atoms with E-state index in [1.165, 1.54) is 0 Å². The second-order valence-electron chi connectivity index (χ2n) is 4.82. The van der Waals surface area contributed by atoms with Crippen molar-refractivity contribution >= 4 is 11.8 Å². The third kappa shape index (κ3) is 1.80. The lowest BCUT2D eigenvalue weighted by atomic mass is 9.73. The zero-order valence-electron chi connectivity index (χ0n) is 10.7. The van der Waals surface area contributed by atoms with Crippen LogP contribution in [0.5, 0.6) is 0 Å². The maximum absolute atomic E-state index is 9.71. The van der Waals surface area contributed by atoms with E-state index in [9.17, 15) is 10.5 Å². The lowest BCUT2D eigenvalue weighted by Crippen LogP contribution is -2.26. The van der Waals surface area contributed by atoms with Crippen LogP contribution in [0.2, 0.25) is 0 Å². The number of allylic oxidation sites excluding steroid dienone is 6. The van der Waals surface area contributed by atoms with Crippen LogP contribution in [0.25, 0.3) is 0 Å². The molecule has 1 saturated heterocycles.